The summed E-state index contributed by atoms with van der Waals surface area (Å²) < 4.78 is 23.4. The van der Waals surface area contributed by atoms with Crippen molar-refractivity contribution in [2.45, 2.75) is 5.37 Å². The Morgan fingerprint density at radius 2 is 2.21 bits per heavy atom. The molecule has 1 fully saturated rings. The molecule has 1 saturated heterocycles. The van der Waals surface area contributed by atoms with Gasteiger partial charge in [-0.05, 0) is 0 Å². The van der Waals surface area contributed by atoms with Gasteiger partial charge in [0.25, 0.3) is 5.91 Å². The first-order chi connectivity index (χ1) is 8.89. The van der Waals surface area contributed by atoms with Gasteiger partial charge in [0, 0.05) is 24.3 Å². The molecule has 1 atom stereocenters. The van der Waals surface area contributed by atoms with E-state index in [9.17, 15) is 13.2 Å². The van der Waals surface area contributed by atoms with Crippen molar-refractivity contribution in [3.05, 3.63) is 23.2 Å². The first-order valence-electron chi connectivity index (χ1n) is 5.44. The molecule has 1 amide bonds. The second-order valence-electron chi connectivity index (χ2n) is 4.08. The van der Waals surface area contributed by atoms with Crippen molar-refractivity contribution >= 4 is 39.1 Å². The highest BCUT2D eigenvalue weighted by Crippen LogP contribution is 2.21. The van der Waals surface area contributed by atoms with Crippen LogP contribution in [0.5, 0.6) is 0 Å². The van der Waals surface area contributed by atoms with Crippen LogP contribution in [0.3, 0.4) is 0 Å². The van der Waals surface area contributed by atoms with Gasteiger partial charge in [-0.15, -0.1) is 0 Å². The number of nitrogens with zero attached hydrogens (tertiary/aromatic N) is 3. The Morgan fingerprint density at radius 3 is 2.79 bits per heavy atom. The molecule has 1 aromatic heterocycles. The molecule has 0 spiro atoms. The van der Waals surface area contributed by atoms with Crippen LogP contribution in [0.15, 0.2) is 12.4 Å². The van der Waals surface area contributed by atoms with Crippen LogP contribution in [0.2, 0.25) is 5.15 Å². The van der Waals surface area contributed by atoms with Gasteiger partial charge in [-0.2, -0.15) is 11.8 Å². The Bertz CT molecular complexity index is 576. The Kier molecular flexibility index (Phi) is 4.32. The number of halogens is 1. The monoisotopic (exact) mass is 321 g/mol. The predicted molar refractivity (Wildman–Crippen MR) is 74.0 cm³/mol. The van der Waals surface area contributed by atoms with E-state index in [1.807, 2.05) is 0 Å². The SMILES string of the molecule is CS(=O)(=O)C1CSCCN1C(=O)c1cnc(Cl)cn1. The zero-order chi connectivity index (χ0) is 14.0. The third kappa shape index (κ3) is 3.37. The molecule has 6 nitrogen and oxygen atoms in total. The number of hydrogen-bond donors (Lipinski definition) is 0. The predicted octanol–water partition coefficient (Wildman–Crippen LogP) is 0.690. The molecule has 0 saturated carbocycles. The zero-order valence-corrected chi connectivity index (χ0v) is 12.5. The summed E-state index contributed by atoms with van der Waals surface area (Å²) in [5.41, 5.74) is 0.102. The Labute approximate surface area is 120 Å². The highest BCUT2D eigenvalue weighted by molar-refractivity contribution is 8.00. The summed E-state index contributed by atoms with van der Waals surface area (Å²) in [6.07, 6.45) is 3.66. The molecule has 2 rings (SSSR count). The summed E-state index contributed by atoms with van der Waals surface area (Å²) in [6.45, 7) is 0.380. The van der Waals surface area contributed by atoms with E-state index >= 15 is 0 Å². The van der Waals surface area contributed by atoms with Crippen LogP contribution in [0.1, 0.15) is 10.5 Å². The number of rotatable bonds is 2. The van der Waals surface area contributed by atoms with Gasteiger partial charge in [-0.25, -0.2) is 18.4 Å². The second-order valence-corrected chi connectivity index (χ2v) is 7.82. The third-order valence-corrected chi connectivity index (χ3v) is 5.52. The maximum atomic E-state index is 12.3. The lowest BCUT2D eigenvalue weighted by atomic mass is 10.3. The molecule has 0 N–H and O–H groups in total. The van der Waals surface area contributed by atoms with E-state index in [0.29, 0.717) is 18.1 Å². The summed E-state index contributed by atoms with van der Waals surface area (Å²) in [4.78, 5) is 21.3. The molecule has 1 unspecified atom stereocenters. The molecule has 1 aromatic rings. The van der Waals surface area contributed by atoms with Crippen molar-refractivity contribution in [2.75, 3.05) is 24.3 Å². The van der Waals surface area contributed by atoms with Crippen molar-refractivity contribution in [2.24, 2.45) is 0 Å². The van der Waals surface area contributed by atoms with Crippen molar-refractivity contribution in [1.82, 2.24) is 14.9 Å². The first-order valence-corrected chi connectivity index (χ1v) is 8.93. The van der Waals surface area contributed by atoms with E-state index in [2.05, 4.69) is 9.97 Å². The fraction of sp³-hybridized carbons (Fsp3) is 0.500. The molecular formula is C10H12ClN3O3S2. The molecular weight excluding hydrogens is 310 g/mol. The summed E-state index contributed by atoms with van der Waals surface area (Å²) in [5, 5.41) is -0.623. The van der Waals surface area contributed by atoms with E-state index < -0.39 is 21.1 Å². The molecule has 2 heterocycles. The smallest absolute Gasteiger partial charge is 0.275 e. The average molecular weight is 322 g/mol. The summed E-state index contributed by atoms with van der Waals surface area (Å²) in [6, 6.07) is 0. The van der Waals surface area contributed by atoms with Crippen LogP contribution in [-0.2, 0) is 9.84 Å². The molecule has 0 aromatic carbocycles. The maximum absolute atomic E-state index is 12.3. The summed E-state index contributed by atoms with van der Waals surface area (Å²) >= 11 is 7.12. The van der Waals surface area contributed by atoms with E-state index in [1.165, 1.54) is 29.1 Å². The fourth-order valence-corrected chi connectivity index (χ4v) is 4.65. The highest BCUT2D eigenvalue weighted by Gasteiger charge is 2.35. The fourth-order valence-electron chi connectivity index (χ4n) is 1.74. The van der Waals surface area contributed by atoms with Crippen molar-refractivity contribution in [3.8, 4) is 0 Å². The van der Waals surface area contributed by atoms with Gasteiger partial charge in [-0.1, -0.05) is 11.6 Å². The second kappa shape index (κ2) is 5.64. The minimum absolute atomic E-state index is 0.102. The number of aromatic nitrogens is 2. The Morgan fingerprint density at radius 1 is 1.47 bits per heavy atom. The van der Waals surface area contributed by atoms with Crippen LogP contribution < -0.4 is 0 Å². The molecule has 9 heteroatoms. The maximum Gasteiger partial charge on any atom is 0.275 e. The number of carbonyl (C=O) groups is 1. The Balaban J connectivity index is 2.27. The lowest BCUT2D eigenvalue weighted by Gasteiger charge is -2.33. The van der Waals surface area contributed by atoms with Crippen LogP contribution in [0.25, 0.3) is 0 Å². The number of amides is 1. The standard InChI is InChI=1S/C10H12ClN3O3S2/c1-19(16,17)9-6-18-3-2-14(9)10(15)7-4-13-8(11)5-12-7/h4-5,9H,2-3,6H2,1H3. The normalized spacial score (nSPS) is 20.3. The third-order valence-electron chi connectivity index (χ3n) is 2.68. The average Bonchev–Trinajstić information content (AvgIpc) is 2.38. The van der Waals surface area contributed by atoms with Gasteiger partial charge < -0.3 is 4.90 Å². The van der Waals surface area contributed by atoms with Gasteiger partial charge in [0.05, 0.1) is 12.4 Å². The van der Waals surface area contributed by atoms with Gasteiger partial charge in [0.1, 0.15) is 16.2 Å². The van der Waals surface area contributed by atoms with E-state index in [0.717, 1.165) is 6.26 Å². The minimum atomic E-state index is -3.33. The highest BCUT2D eigenvalue weighted by atomic mass is 35.5. The van der Waals surface area contributed by atoms with E-state index in [4.69, 9.17) is 11.6 Å². The van der Waals surface area contributed by atoms with Gasteiger partial charge in [-0.3, -0.25) is 4.79 Å². The van der Waals surface area contributed by atoms with Crippen LogP contribution in [-0.4, -0.2) is 58.9 Å². The number of thioether (sulfide) groups is 1. The topological polar surface area (TPSA) is 80.2 Å². The molecule has 19 heavy (non-hydrogen) atoms. The first kappa shape index (κ1) is 14.5. The summed E-state index contributed by atoms with van der Waals surface area (Å²) in [7, 11) is -3.33. The molecule has 0 aliphatic carbocycles. The molecule has 1 aliphatic heterocycles. The number of sulfone groups is 1. The minimum Gasteiger partial charge on any atom is -0.319 e. The van der Waals surface area contributed by atoms with Gasteiger partial charge >= 0.3 is 0 Å². The lowest BCUT2D eigenvalue weighted by molar-refractivity contribution is 0.0743. The lowest BCUT2D eigenvalue weighted by Crippen LogP contribution is -2.50. The molecule has 104 valence electrons. The number of hydrogen-bond acceptors (Lipinski definition) is 6. The van der Waals surface area contributed by atoms with Crippen molar-refractivity contribution < 1.29 is 13.2 Å². The summed E-state index contributed by atoms with van der Waals surface area (Å²) in [5.74, 6) is 0.657. The van der Waals surface area contributed by atoms with Gasteiger partial charge in [0.2, 0.25) is 0 Å². The molecule has 1 aliphatic rings. The Hall–Kier alpha value is -0.860. The van der Waals surface area contributed by atoms with Crippen LogP contribution >= 0.6 is 23.4 Å². The van der Waals surface area contributed by atoms with Crippen LogP contribution in [0, 0.1) is 0 Å². The van der Waals surface area contributed by atoms with E-state index in [1.54, 1.807) is 0 Å². The molecule has 0 bridgehead atoms. The van der Waals surface area contributed by atoms with E-state index in [-0.39, 0.29) is 10.8 Å². The quantitative estimate of drug-likeness (QED) is 0.797. The zero-order valence-electron chi connectivity index (χ0n) is 10.1. The van der Waals surface area contributed by atoms with Crippen LogP contribution in [0.4, 0.5) is 0 Å². The number of carbonyl (C=O) groups excluding carboxylic acids is 1. The van der Waals surface area contributed by atoms with Crippen molar-refractivity contribution in [3.63, 3.8) is 0 Å². The van der Waals surface area contributed by atoms with Crippen molar-refractivity contribution in [1.29, 1.82) is 0 Å². The van der Waals surface area contributed by atoms with Gasteiger partial charge in [0.15, 0.2) is 9.84 Å². The largest absolute Gasteiger partial charge is 0.319 e. The molecule has 0 radical (unpaired) electrons.